The quantitative estimate of drug-likeness (QED) is 0.361. The van der Waals surface area contributed by atoms with Gasteiger partial charge < -0.3 is 26.6 Å². The Morgan fingerprint density at radius 1 is 1.05 bits per heavy atom. The molecular weight excluding hydrogens is 294 g/mol. The number of carboxylic acid groups (broad SMARTS) is 2. The Labute approximate surface area is 128 Å². The first-order chi connectivity index (χ1) is 10.1. The summed E-state index contributed by atoms with van der Waals surface area (Å²) in [6.07, 6.45) is -0.0302. The van der Waals surface area contributed by atoms with Gasteiger partial charge in [-0.3, -0.25) is 19.2 Å². The second-order valence-corrected chi connectivity index (χ2v) is 5.14. The van der Waals surface area contributed by atoms with Crippen molar-refractivity contribution in [2.75, 3.05) is 0 Å². The van der Waals surface area contributed by atoms with E-state index in [4.69, 9.17) is 15.9 Å². The highest BCUT2D eigenvalue weighted by Crippen LogP contribution is 2.06. The van der Waals surface area contributed by atoms with Gasteiger partial charge in [0.1, 0.15) is 12.1 Å². The molecular formula is C13H23N3O6. The lowest BCUT2D eigenvalue weighted by Crippen LogP contribution is -2.55. The van der Waals surface area contributed by atoms with Crippen molar-refractivity contribution in [1.82, 2.24) is 10.6 Å². The van der Waals surface area contributed by atoms with Crippen LogP contribution < -0.4 is 16.4 Å². The van der Waals surface area contributed by atoms with Crippen LogP contribution in [0.5, 0.6) is 0 Å². The smallest absolute Gasteiger partial charge is 0.325 e. The van der Waals surface area contributed by atoms with Crippen LogP contribution >= 0.6 is 0 Å². The average molecular weight is 317 g/mol. The van der Waals surface area contributed by atoms with E-state index < -0.39 is 48.3 Å². The summed E-state index contributed by atoms with van der Waals surface area (Å²) in [5.41, 5.74) is 5.71. The van der Waals surface area contributed by atoms with Gasteiger partial charge in [-0.05, 0) is 12.8 Å². The zero-order valence-electron chi connectivity index (χ0n) is 12.8. The minimum absolute atomic E-state index is 0.147. The summed E-state index contributed by atoms with van der Waals surface area (Å²) in [5.74, 6) is -4.27. The Morgan fingerprint density at radius 3 is 2.00 bits per heavy atom. The number of carbonyl (C=O) groups excluding carboxylic acids is 2. The lowest BCUT2D eigenvalue weighted by molar-refractivity contribution is -0.143. The normalized spacial score (nSPS) is 16.0. The molecule has 0 bridgehead atoms. The van der Waals surface area contributed by atoms with Crippen molar-refractivity contribution < 1.29 is 29.4 Å². The number of amides is 2. The third-order valence-corrected chi connectivity index (χ3v) is 3.30. The molecule has 0 rings (SSSR count). The summed E-state index contributed by atoms with van der Waals surface area (Å²) >= 11 is 0. The highest BCUT2D eigenvalue weighted by molar-refractivity contribution is 5.93. The predicted octanol–water partition coefficient (Wildman–Crippen LogP) is -1.09. The van der Waals surface area contributed by atoms with Crippen molar-refractivity contribution in [3.8, 4) is 0 Å². The fraction of sp³-hybridized carbons (Fsp3) is 0.692. The summed E-state index contributed by atoms with van der Waals surface area (Å²) in [6.45, 7) is 4.82. The Balaban J connectivity index is 4.91. The summed E-state index contributed by atoms with van der Waals surface area (Å²) in [5, 5.41) is 21.9. The van der Waals surface area contributed by atoms with Gasteiger partial charge in [0.05, 0.1) is 12.5 Å². The molecule has 0 saturated carbocycles. The molecule has 0 fully saturated rings. The first-order valence-corrected chi connectivity index (χ1v) is 6.91. The molecule has 6 N–H and O–H groups in total. The van der Waals surface area contributed by atoms with Crippen molar-refractivity contribution in [2.45, 2.75) is 51.7 Å². The van der Waals surface area contributed by atoms with E-state index in [9.17, 15) is 19.2 Å². The number of hydrogen-bond donors (Lipinski definition) is 5. The lowest BCUT2D eigenvalue weighted by atomic mass is 9.99. The van der Waals surface area contributed by atoms with Gasteiger partial charge in [-0.2, -0.15) is 0 Å². The molecule has 0 radical (unpaired) electrons. The van der Waals surface area contributed by atoms with E-state index in [1.807, 2.05) is 6.92 Å². The maximum absolute atomic E-state index is 11.9. The van der Waals surface area contributed by atoms with E-state index in [1.54, 1.807) is 6.92 Å². The molecule has 126 valence electrons. The van der Waals surface area contributed by atoms with Gasteiger partial charge in [0.2, 0.25) is 11.8 Å². The number of nitrogens with one attached hydrogen (secondary N) is 2. The van der Waals surface area contributed by atoms with E-state index in [-0.39, 0.29) is 5.92 Å². The molecule has 0 aromatic rings. The number of nitrogens with two attached hydrogens (primary N) is 1. The fourth-order valence-corrected chi connectivity index (χ4v) is 1.54. The SMILES string of the molecule is CCC(C)C(N)C(=O)NC(CC(=O)O)C(=O)NC(C)C(=O)O. The van der Waals surface area contributed by atoms with Crippen molar-refractivity contribution >= 4 is 23.8 Å². The average Bonchev–Trinajstić information content (AvgIpc) is 2.43. The van der Waals surface area contributed by atoms with Crippen LogP contribution in [0.3, 0.4) is 0 Å². The van der Waals surface area contributed by atoms with Crippen LogP contribution in [-0.4, -0.2) is 52.1 Å². The number of carboxylic acids is 2. The highest BCUT2D eigenvalue weighted by Gasteiger charge is 2.29. The molecule has 2 amide bonds. The van der Waals surface area contributed by atoms with Crippen molar-refractivity contribution in [1.29, 1.82) is 0 Å². The second-order valence-electron chi connectivity index (χ2n) is 5.14. The summed E-state index contributed by atoms with van der Waals surface area (Å²) in [7, 11) is 0. The first kappa shape index (κ1) is 19.8. The first-order valence-electron chi connectivity index (χ1n) is 6.91. The van der Waals surface area contributed by atoms with E-state index in [0.29, 0.717) is 6.42 Å². The Morgan fingerprint density at radius 2 is 1.59 bits per heavy atom. The maximum atomic E-state index is 11.9. The second kappa shape index (κ2) is 8.98. The van der Waals surface area contributed by atoms with Crippen LogP contribution in [0.25, 0.3) is 0 Å². The van der Waals surface area contributed by atoms with Crippen LogP contribution in [-0.2, 0) is 19.2 Å². The van der Waals surface area contributed by atoms with E-state index in [1.165, 1.54) is 6.92 Å². The van der Waals surface area contributed by atoms with Gasteiger partial charge >= 0.3 is 11.9 Å². The van der Waals surface area contributed by atoms with Gasteiger partial charge in [-0.25, -0.2) is 0 Å². The topological polar surface area (TPSA) is 159 Å². The van der Waals surface area contributed by atoms with Crippen LogP contribution in [0.1, 0.15) is 33.6 Å². The third-order valence-electron chi connectivity index (χ3n) is 3.30. The Kier molecular flexibility index (Phi) is 8.10. The van der Waals surface area contributed by atoms with Gasteiger partial charge in [0.25, 0.3) is 0 Å². The standard InChI is InChI=1S/C13H23N3O6/c1-4-6(2)10(14)12(20)16-8(5-9(17)18)11(19)15-7(3)13(21)22/h6-8,10H,4-5,14H2,1-3H3,(H,15,19)(H,16,20)(H,17,18)(H,21,22). The zero-order valence-corrected chi connectivity index (χ0v) is 12.8. The number of hydrogen-bond acceptors (Lipinski definition) is 5. The van der Waals surface area contributed by atoms with Crippen molar-refractivity contribution in [3.05, 3.63) is 0 Å². The third kappa shape index (κ3) is 6.53. The minimum Gasteiger partial charge on any atom is -0.481 e. The Bertz CT molecular complexity index is 439. The maximum Gasteiger partial charge on any atom is 0.325 e. The molecule has 0 aromatic heterocycles. The van der Waals surface area contributed by atoms with E-state index in [0.717, 1.165) is 0 Å². The van der Waals surface area contributed by atoms with Gasteiger partial charge in [-0.1, -0.05) is 20.3 Å². The highest BCUT2D eigenvalue weighted by atomic mass is 16.4. The largest absolute Gasteiger partial charge is 0.481 e. The summed E-state index contributed by atoms with van der Waals surface area (Å²) in [6, 6.07) is -3.48. The van der Waals surface area contributed by atoms with Crippen LogP contribution in [0.2, 0.25) is 0 Å². The Hall–Kier alpha value is -2.16. The molecule has 4 atom stereocenters. The van der Waals surface area contributed by atoms with Crippen LogP contribution in [0.15, 0.2) is 0 Å². The molecule has 0 spiro atoms. The molecule has 0 aromatic carbocycles. The van der Waals surface area contributed by atoms with Crippen LogP contribution in [0.4, 0.5) is 0 Å². The monoisotopic (exact) mass is 317 g/mol. The molecule has 4 unspecified atom stereocenters. The number of carbonyl (C=O) groups is 4. The van der Waals surface area contributed by atoms with Crippen molar-refractivity contribution in [3.63, 3.8) is 0 Å². The summed E-state index contributed by atoms with van der Waals surface area (Å²) in [4.78, 5) is 45.3. The molecule has 0 aliphatic heterocycles. The van der Waals surface area contributed by atoms with Crippen molar-refractivity contribution in [2.24, 2.45) is 11.7 Å². The zero-order chi connectivity index (χ0) is 17.4. The number of rotatable bonds is 9. The molecule has 0 aliphatic carbocycles. The van der Waals surface area contributed by atoms with E-state index >= 15 is 0 Å². The number of aliphatic carboxylic acids is 2. The summed E-state index contributed by atoms with van der Waals surface area (Å²) < 4.78 is 0. The molecule has 0 heterocycles. The molecule has 9 nitrogen and oxygen atoms in total. The molecule has 0 saturated heterocycles. The van der Waals surface area contributed by atoms with E-state index in [2.05, 4.69) is 10.6 Å². The van der Waals surface area contributed by atoms with Gasteiger partial charge in [-0.15, -0.1) is 0 Å². The molecule has 22 heavy (non-hydrogen) atoms. The predicted molar refractivity (Wildman–Crippen MR) is 76.9 cm³/mol. The molecule has 9 heteroatoms. The van der Waals surface area contributed by atoms with Gasteiger partial charge in [0.15, 0.2) is 0 Å². The van der Waals surface area contributed by atoms with Gasteiger partial charge in [0, 0.05) is 0 Å². The van der Waals surface area contributed by atoms with Crippen LogP contribution in [0, 0.1) is 5.92 Å². The fourth-order valence-electron chi connectivity index (χ4n) is 1.54. The molecule has 0 aliphatic rings. The minimum atomic E-state index is -1.39. The lowest BCUT2D eigenvalue weighted by Gasteiger charge is -2.22.